The molecule has 0 unspecified atom stereocenters. The number of carbonyl (C=O) groups excluding carboxylic acids is 1. The van der Waals surface area contributed by atoms with Crippen molar-refractivity contribution in [1.82, 2.24) is 19.4 Å². The van der Waals surface area contributed by atoms with Gasteiger partial charge in [0.2, 0.25) is 5.28 Å². The monoisotopic (exact) mass is 294 g/mol. The third-order valence-corrected chi connectivity index (χ3v) is 3.66. The Hall–Kier alpha value is -1.62. The van der Waals surface area contributed by atoms with Crippen molar-refractivity contribution in [2.45, 2.75) is 32.7 Å². The highest BCUT2D eigenvalue weighted by molar-refractivity contribution is 6.28. The molecule has 6 heteroatoms. The number of fused-ring (bicyclic) bond motifs is 1. The third-order valence-electron chi connectivity index (χ3n) is 3.48. The Bertz CT molecular complexity index is 631. The maximum Gasteiger partial charge on any atom is 0.270 e. The summed E-state index contributed by atoms with van der Waals surface area (Å²) in [5.74, 6) is -0.0361. The van der Waals surface area contributed by atoms with Crippen LogP contribution in [0.5, 0.6) is 0 Å². The van der Waals surface area contributed by atoms with E-state index in [1.807, 2.05) is 10.6 Å². The highest BCUT2D eigenvalue weighted by atomic mass is 35.5. The lowest BCUT2D eigenvalue weighted by Crippen LogP contribution is -2.26. The van der Waals surface area contributed by atoms with Gasteiger partial charge in [0.25, 0.3) is 5.91 Å². The summed E-state index contributed by atoms with van der Waals surface area (Å²) in [6, 6.07) is 2.06. The van der Waals surface area contributed by atoms with Crippen LogP contribution in [0.3, 0.4) is 0 Å². The molecule has 0 aliphatic rings. The normalized spacial score (nSPS) is 11.3. The van der Waals surface area contributed by atoms with Gasteiger partial charge in [-0.2, -0.15) is 4.98 Å². The Labute approximate surface area is 123 Å². The fourth-order valence-corrected chi connectivity index (χ4v) is 2.53. The highest BCUT2D eigenvalue weighted by Crippen LogP contribution is 2.27. The Morgan fingerprint density at radius 1 is 1.40 bits per heavy atom. The van der Waals surface area contributed by atoms with E-state index in [9.17, 15) is 4.79 Å². The average Bonchev–Trinajstić information content (AvgIpc) is 2.78. The lowest BCUT2D eigenvalue weighted by molar-refractivity contribution is 0.0815. The van der Waals surface area contributed by atoms with Crippen LogP contribution in [0.25, 0.3) is 11.0 Å². The zero-order valence-electron chi connectivity index (χ0n) is 12.2. The topological polar surface area (TPSA) is 51.0 Å². The van der Waals surface area contributed by atoms with E-state index in [0.29, 0.717) is 5.69 Å². The first-order chi connectivity index (χ1) is 9.49. The van der Waals surface area contributed by atoms with E-state index in [-0.39, 0.29) is 17.2 Å². The van der Waals surface area contributed by atoms with Crippen LogP contribution in [0.15, 0.2) is 12.3 Å². The Morgan fingerprint density at radius 3 is 2.60 bits per heavy atom. The van der Waals surface area contributed by atoms with Crippen molar-refractivity contribution in [2.75, 3.05) is 14.1 Å². The largest absolute Gasteiger partial charge is 0.343 e. The lowest BCUT2D eigenvalue weighted by Gasteiger charge is -2.20. The van der Waals surface area contributed by atoms with Gasteiger partial charge in [0.05, 0.1) is 0 Å². The van der Waals surface area contributed by atoms with Crippen LogP contribution in [0.4, 0.5) is 0 Å². The van der Waals surface area contributed by atoms with Gasteiger partial charge in [0, 0.05) is 31.7 Å². The van der Waals surface area contributed by atoms with Crippen molar-refractivity contribution < 1.29 is 4.79 Å². The summed E-state index contributed by atoms with van der Waals surface area (Å²) < 4.78 is 1.99. The molecule has 1 amide bonds. The summed E-state index contributed by atoms with van der Waals surface area (Å²) in [6.07, 6.45) is 3.52. The summed E-state index contributed by atoms with van der Waals surface area (Å²) in [4.78, 5) is 22.2. The van der Waals surface area contributed by atoms with Crippen LogP contribution in [-0.2, 0) is 0 Å². The zero-order chi connectivity index (χ0) is 14.9. The van der Waals surface area contributed by atoms with Crippen LogP contribution in [0, 0.1) is 0 Å². The standard InChI is InChI=1S/C14H19ClN4O/c1-5-10(6-2)19-11(13(20)18(3)4)7-9-8-16-14(15)17-12(9)19/h7-8,10H,5-6H2,1-4H3. The molecule has 5 nitrogen and oxygen atoms in total. The lowest BCUT2D eigenvalue weighted by atomic mass is 10.1. The molecule has 0 bridgehead atoms. The van der Waals surface area contributed by atoms with Gasteiger partial charge in [-0.25, -0.2) is 4.98 Å². The summed E-state index contributed by atoms with van der Waals surface area (Å²) in [5, 5.41) is 1.04. The van der Waals surface area contributed by atoms with Gasteiger partial charge in [0.1, 0.15) is 11.3 Å². The Balaban J connectivity index is 2.72. The average molecular weight is 295 g/mol. The molecule has 0 N–H and O–H groups in total. The molecule has 2 aromatic heterocycles. The van der Waals surface area contributed by atoms with Gasteiger partial charge in [0.15, 0.2) is 0 Å². The predicted molar refractivity (Wildman–Crippen MR) is 80.2 cm³/mol. The van der Waals surface area contributed by atoms with Gasteiger partial charge < -0.3 is 9.47 Å². The molecule has 20 heavy (non-hydrogen) atoms. The molecule has 0 saturated carbocycles. The van der Waals surface area contributed by atoms with Crippen molar-refractivity contribution in [3.05, 3.63) is 23.2 Å². The number of hydrogen-bond acceptors (Lipinski definition) is 3. The van der Waals surface area contributed by atoms with Crippen molar-refractivity contribution in [3.8, 4) is 0 Å². The molecule has 2 aromatic rings. The van der Waals surface area contributed by atoms with Crippen LogP contribution in [-0.4, -0.2) is 39.4 Å². The molecular formula is C14H19ClN4O. The second kappa shape index (κ2) is 5.79. The quantitative estimate of drug-likeness (QED) is 0.814. The smallest absolute Gasteiger partial charge is 0.270 e. The zero-order valence-corrected chi connectivity index (χ0v) is 13.0. The fourth-order valence-electron chi connectivity index (χ4n) is 2.40. The molecule has 0 atom stereocenters. The van der Waals surface area contributed by atoms with Crippen molar-refractivity contribution in [2.24, 2.45) is 0 Å². The number of amides is 1. The predicted octanol–water partition coefficient (Wildman–Crippen LogP) is 3.15. The molecular weight excluding hydrogens is 276 g/mol. The first-order valence-electron chi connectivity index (χ1n) is 6.74. The minimum Gasteiger partial charge on any atom is -0.343 e. The maximum atomic E-state index is 12.4. The maximum absolute atomic E-state index is 12.4. The van der Waals surface area contributed by atoms with Crippen LogP contribution in [0.1, 0.15) is 43.2 Å². The van der Waals surface area contributed by atoms with Crippen LogP contribution < -0.4 is 0 Å². The number of rotatable bonds is 4. The van der Waals surface area contributed by atoms with Crippen molar-refractivity contribution in [1.29, 1.82) is 0 Å². The molecule has 2 rings (SSSR count). The molecule has 0 aromatic carbocycles. The van der Waals surface area contributed by atoms with E-state index in [1.165, 1.54) is 0 Å². The second-order valence-corrected chi connectivity index (χ2v) is 5.33. The highest BCUT2D eigenvalue weighted by Gasteiger charge is 2.22. The summed E-state index contributed by atoms with van der Waals surface area (Å²) in [6.45, 7) is 4.21. The van der Waals surface area contributed by atoms with E-state index in [2.05, 4.69) is 23.8 Å². The van der Waals surface area contributed by atoms with E-state index < -0.39 is 0 Å². The molecule has 0 saturated heterocycles. The van der Waals surface area contributed by atoms with E-state index in [1.54, 1.807) is 25.2 Å². The Kier molecular flexibility index (Phi) is 4.28. The van der Waals surface area contributed by atoms with E-state index >= 15 is 0 Å². The summed E-state index contributed by atoms with van der Waals surface area (Å²) in [5.41, 5.74) is 1.36. The number of aromatic nitrogens is 3. The molecule has 0 fully saturated rings. The summed E-state index contributed by atoms with van der Waals surface area (Å²) in [7, 11) is 3.49. The van der Waals surface area contributed by atoms with Crippen molar-refractivity contribution >= 4 is 28.5 Å². The second-order valence-electron chi connectivity index (χ2n) is 4.99. The van der Waals surface area contributed by atoms with Gasteiger partial charge in [-0.3, -0.25) is 4.79 Å². The van der Waals surface area contributed by atoms with Gasteiger partial charge in [-0.15, -0.1) is 0 Å². The van der Waals surface area contributed by atoms with E-state index in [0.717, 1.165) is 23.9 Å². The molecule has 2 heterocycles. The van der Waals surface area contributed by atoms with Crippen molar-refractivity contribution in [3.63, 3.8) is 0 Å². The number of nitrogens with zero attached hydrogens (tertiary/aromatic N) is 4. The molecule has 0 radical (unpaired) electrons. The molecule has 108 valence electrons. The minimum absolute atomic E-state index is 0.0361. The van der Waals surface area contributed by atoms with Gasteiger partial charge in [-0.05, 0) is 30.5 Å². The van der Waals surface area contributed by atoms with Gasteiger partial charge in [-0.1, -0.05) is 13.8 Å². The van der Waals surface area contributed by atoms with E-state index in [4.69, 9.17) is 11.6 Å². The SMILES string of the molecule is CCC(CC)n1c(C(=O)N(C)C)cc2cnc(Cl)nc21. The van der Waals surface area contributed by atoms with Crippen LogP contribution >= 0.6 is 11.6 Å². The van der Waals surface area contributed by atoms with Crippen LogP contribution in [0.2, 0.25) is 5.28 Å². The Morgan fingerprint density at radius 2 is 2.05 bits per heavy atom. The molecule has 0 aliphatic carbocycles. The van der Waals surface area contributed by atoms with Gasteiger partial charge >= 0.3 is 0 Å². The first-order valence-corrected chi connectivity index (χ1v) is 7.12. The molecule has 0 aliphatic heterocycles. The summed E-state index contributed by atoms with van der Waals surface area (Å²) >= 11 is 5.90. The molecule has 0 spiro atoms. The third kappa shape index (κ3) is 2.50. The number of halogens is 1. The minimum atomic E-state index is -0.0361. The first kappa shape index (κ1) is 14.8. The number of hydrogen-bond donors (Lipinski definition) is 0. The number of carbonyl (C=O) groups is 1. The fraction of sp³-hybridized carbons (Fsp3) is 0.500.